The van der Waals surface area contributed by atoms with E-state index in [0.29, 0.717) is 11.6 Å². The fourth-order valence-electron chi connectivity index (χ4n) is 1.87. The lowest BCUT2D eigenvalue weighted by Crippen LogP contribution is -2.15. The first kappa shape index (κ1) is 15.7. The molecule has 0 radical (unpaired) electrons. The van der Waals surface area contributed by atoms with Gasteiger partial charge in [0.15, 0.2) is 0 Å². The third-order valence-corrected chi connectivity index (χ3v) is 3.33. The molecule has 1 aromatic carbocycles. The Balaban J connectivity index is 2.07. The summed E-state index contributed by atoms with van der Waals surface area (Å²) in [5.74, 6) is 0.306. The van der Waals surface area contributed by atoms with Crippen molar-refractivity contribution in [1.82, 2.24) is 10.3 Å². The van der Waals surface area contributed by atoms with Crippen LogP contribution >= 0.6 is 11.6 Å². The van der Waals surface area contributed by atoms with Gasteiger partial charge in [0.25, 0.3) is 0 Å². The van der Waals surface area contributed by atoms with E-state index in [9.17, 15) is 4.39 Å². The number of nitrogens with zero attached hydrogens (tertiary/aromatic N) is 1. The van der Waals surface area contributed by atoms with Crippen molar-refractivity contribution in [3.05, 3.63) is 52.4 Å². The molecule has 21 heavy (non-hydrogen) atoms. The quantitative estimate of drug-likeness (QED) is 0.799. The zero-order valence-corrected chi connectivity index (χ0v) is 12.9. The van der Waals surface area contributed by atoms with Crippen LogP contribution in [-0.2, 0) is 6.54 Å². The van der Waals surface area contributed by atoms with E-state index in [1.165, 1.54) is 12.1 Å². The average molecular weight is 309 g/mol. The molecule has 2 rings (SSSR count). The van der Waals surface area contributed by atoms with Gasteiger partial charge in [0.05, 0.1) is 5.02 Å². The predicted octanol–water partition coefficient (Wildman–Crippen LogP) is 4.47. The van der Waals surface area contributed by atoms with Gasteiger partial charge in [-0.2, -0.15) is 0 Å². The van der Waals surface area contributed by atoms with E-state index in [-0.39, 0.29) is 5.02 Å². The summed E-state index contributed by atoms with van der Waals surface area (Å²) in [7, 11) is 0. The van der Waals surface area contributed by atoms with Crippen molar-refractivity contribution >= 4 is 11.6 Å². The summed E-state index contributed by atoms with van der Waals surface area (Å²) < 4.78 is 18.9. The maximum Gasteiger partial charge on any atom is 0.219 e. The lowest BCUT2D eigenvalue weighted by atomic mass is 10.2. The van der Waals surface area contributed by atoms with E-state index < -0.39 is 5.82 Å². The van der Waals surface area contributed by atoms with Crippen molar-refractivity contribution in [3.8, 4) is 11.6 Å². The first-order chi connectivity index (χ1) is 10.1. The van der Waals surface area contributed by atoms with Crippen LogP contribution in [0.4, 0.5) is 4.39 Å². The minimum absolute atomic E-state index is 0.0730. The number of halogens is 2. The van der Waals surface area contributed by atoms with E-state index in [1.807, 2.05) is 13.0 Å². The second-order valence-corrected chi connectivity index (χ2v) is 5.16. The lowest BCUT2D eigenvalue weighted by molar-refractivity contribution is 0.456. The minimum atomic E-state index is -0.508. The summed E-state index contributed by atoms with van der Waals surface area (Å²) in [6.45, 7) is 5.81. The summed E-state index contributed by atoms with van der Waals surface area (Å²) in [6, 6.07) is 8.06. The van der Waals surface area contributed by atoms with Crippen LogP contribution in [-0.4, -0.2) is 11.5 Å². The molecule has 112 valence electrons. The summed E-state index contributed by atoms with van der Waals surface area (Å²) in [5.41, 5.74) is 2.02. The SMILES string of the molecule is CCCNCc1ccc(Oc2ccc(Cl)c(F)c2)nc1C. The van der Waals surface area contributed by atoms with Gasteiger partial charge in [-0.1, -0.05) is 24.6 Å². The highest BCUT2D eigenvalue weighted by Crippen LogP contribution is 2.25. The molecule has 0 atom stereocenters. The van der Waals surface area contributed by atoms with Crippen molar-refractivity contribution < 1.29 is 9.13 Å². The molecule has 0 amide bonds. The van der Waals surface area contributed by atoms with Gasteiger partial charge in [-0.3, -0.25) is 0 Å². The Morgan fingerprint density at radius 2 is 2.10 bits per heavy atom. The van der Waals surface area contributed by atoms with Gasteiger partial charge in [-0.05, 0) is 37.6 Å². The van der Waals surface area contributed by atoms with Crippen LogP contribution in [0.2, 0.25) is 5.02 Å². The molecule has 0 saturated carbocycles. The fourth-order valence-corrected chi connectivity index (χ4v) is 1.99. The first-order valence-corrected chi connectivity index (χ1v) is 7.28. The first-order valence-electron chi connectivity index (χ1n) is 6.90. The second kappa shape index (κ2) is 7.38. The topological polar surface area (TPSA) is 34.1 Å². The summed E-state index contributed by atoms with van der Waals surface area (Å²) in [5, 5.41) is 3.40. The number of pyridine rings is 1. The van der Waals surface area contributed by atoms with Crippen LogP contribution in [0.1, 0.15) is 24.6 Å². The molecule has 2 aromatic rings. The Morgan fingerprint density at radius 1 is 1.29 bits per heavy atom. The summed E-state index contributed by atoms with van der Waals surface area (Å²) >= 11 is 5.64. The van der Waals surface area contributed by atoms with Gasteiger partial charge < -0.3 is 10.1 Å². The zero-order valence-electron chi connectivity index (χ0n) is 12.1. The number of aryl methyl sites for hydroxylation is 1. The highest BCUT2D eigenvalue weighted by molar-refractivity contribution is 6.30. The van der Waals surface area contributed by atoms with Gasteiger partial charge >= 0.3 is 0 Å². The molecule has 0 spiro atoms. The Kier molecular flexibility index (Phi) is 5.53. The van der Waals surface area contributed by atoms with E-state index in [4.69, 9.17) is 16.3 Å². The highest BCUT2D eigenvalue weighted by atomic mass is 35.5. The number of aromatic nitrogens is 1. The molecule has 3 nitrogen and oxygen atoms in total. The van der Waals surface area contributed by atoms with Gasteiger partial charge in [0, 0.05) is 24.4 Å². The summed E-state index contributed by atoms with van der Waals surface area (Å²) in [6.07, 6.45) is 1.09. The number of nitrogens with one attached hydrogen (secondary N) is 1. The molecule has 5 heteroatoms. The number of hydrogen-bond acceptors (Lipinski definition) is 3. The molecule has 0 aliphatic heterocycles. The molecule has 1 heterocycles. The van der Waals surface area contributed by atoms with Crippen LogP contribution in [0.3, 0.4) is 0 Å². The van der Waals surface area contributed by atoms with Crippen molar-refractivity contribution in [2.24, 2.45) is 0 Å². The summed E-state index contributed by atoms with van der Waals surface area (Å²) in [4.78, 5) is 4.38. The molecule has 0 saturated heterocycles. The van der Waals surface area contributed by atoms with Crippen LogP contribution in [0.25, 0.3) is 0 Å². The van der Waals surface area contributed by atoms with Gasteiger partial charge in [-0.15, -0.1) is 0 Å². The maximum atomic E-state index is 13.4. The fraction of sp³-hybridized carbons (Fsp3) is 0.312. The van der Waals surface area contributed by atoms with Gasteiger partial charge in [0.2, 0.25) is 5.88 Å². The van der Waals surface area contributed by atoms with Gasteiger partial charge in [0.1, 0.15) is 11.6 Å². The molecule has 0 bridgehead atoms. The Morgan fingerprint density at radius 3 is 2.76 bits per heavy atom. The standard InChI is InChI=1S/C16H18ClFN2O/c1-3-8-19-10-12-4-7-16(20-11(12)2)21-13-5-6-14(17)15(18)9-13/h4-7,9,19H,3,8,10H2,1-2H3. The molecule has 1 aromatic heterocycles. The van der Waals surface area contributed by atoms with Crippen LogP contribution in [0.15, 0.2) is 30.3 Å². The highest BCUT2D eigenvalue weighted by Gasteiger charge is 2.06. The van der Waals surface area contributed by atoms with Gasteiger partial charge in [-0.25, -0.2) is 9.37 Å². The van der Waals surface area contributed by atoms with E-state index in [2.05, 4.69) is 17.2 Å². The molecule has 0 fully saturated rings. The zero-order chi connectivity index (χ0) is 15.2. The largest absolute Gasteiger partial charge is 0.439 e. The van der Waals surface area contributed by atoms with Crippen LogP contribution in [0.5, 0.6) is 11.6 Å². The predicted molar refractivity (Wildman–Crippen MR) is 82.5 cm³/mol. The minimum Gasteiger partial charge on any atom is -0.439 e. The normalized spacial score (nSPS) is 10.7. The average Bonchev–Trinajstić information content (AvgIpc) is 2.45. The Bertz CT molecular complexity index is 619. The molecular formula is C16H18ClFN2O. The van der Waals surface area contributed by atoms with Crippen molar-refractivity contribution in [3.63, 3.8) is 0 Å². The monoisotopic (exact) mass is 308 g/mol. The molecule has 1 N–H and O–H groups in total. The van der Waals surface area contributed by atoms with Crippen LogP contribution in [0, 0.1) is 12.7 Å². The maximum absolute atomic E-state index is 13.4. The second-order valence-electron chi connectivity index (χ2n) is 4.75. The third-order valence-electron chi connectivity index (χ3n) is 3.03. The van der Waals surface area contributed by atoms with E-state index >= 15 is 0 Å². The van der Waals surface area contributed by atoms with Crippen molar-refractivity contribution in [2.75, 3.05) is 6.54 Å². The number of benzene rings is 1. The van der Waals surface area contributed by atoms with Crippen molar-refractivity contribution in [1.29, 1.82) is 0 Å². The Labute approximate surface area is 129 Å². The van der Waals surface area contributed by atoms with E-state index in [1.54, 1.807) is 12.1 Å². The molecule has 0 aliphatic rings. The number of rotatable bonds is 6. The smallest absolute Gasteiger partial charge is 0.219 e. The van der Waals surface area contributed by atoms with Crippen molar-refractivity contribution in [2.45, 2.75) is 26.8 Å². The number of ether oxygens (including phenoxy) is 1. The third kappa shape index (κ3) is 4.41. The molecule has 0 unspecified atom stereocenters. The molecule has 0 aliphatic carbocycles. The van der Waals surface area contributed by atoms with Crippen LogP contribution < -0.4 is 10.1 Å². The van der Waals surface area contributed by atoms with E-state index in [0.717, 1.165) is 30.8 Å². The number of hydrogen-bond donors (Lipinski definition) is 1. The lowest BCUT2D eigenvalue weighted by Gasteiger charge is -2.10. The molecular weight excluding hydrogens is 291 g/mol. The Hall–Kier alpha value is -1.65.